The average molecular weight is 326 g/mol. The highest BCUT2D eigenvalue weighted by Crippen LogP contribution is 2.34. The number of ketones is 1. The summed E-state index contributed by atoms with van der Waals surface area (Å²) in [6.45, 7) is 2.47. The van der Waals surface area contributed by atoms with Gasteiger partial charge in [0.2, 0.25) is 11.9 Å². The highest BCUT2D eigenvalue weighted by atomic mass is 19.1. The van der Waals surface area contributed by atoms with Crippen LogP contribution in [0.4, 0.5) is 4.39 Å². The Kier molecular flexibility index (Phi) is 4.42. The van der Waals surface area contributed by atoms with Gasteiger partial charge in [0.25, 0.3) is 0 Å². The van der Waals surface area contributed by atoms with E-state index in [1.807, 2.05) is 31.2 Å². The number of carbonyl (C=O) groups excluding carboxylic acids is 2. The van der Waals surface area contributed by atoms with Crippen LogP contribution in [0.3, 0.4) is 0 Å². The molecule has 0 radical (unpaired) electrons. The molecule has 1 saturated heterocycles. The fourth-order valence-electron chi connectivity index (χ4n) is 3.31. The van der Waals surface area contributed by atoms with E-state index in [1.165, 1.54) is 12.3 Å². The van der Waals surface area contributed by atoms with Gasteiger partial charge in [-0.15, -0.1) is 0 Å². The number of aromatic nitrogens is 1. The van der Waals surface area contributed by atoms with Crippen molar-refractivity contribution in [3.8, 4) is 0 Å². The molecule has 0 N–H and O–H groups in total. The highest BCUT2D eigenvalue weighted by Gasteiger charge is 2.43. The zero-order valence-corrected chi connectivity index (χ0v) is 13.7. The molecule has 0 bridgehead atoms. The number of carbonyl (C=O) groups is 2. The second-order valence-corrected chi connectivity index (χ2v) is 6.31. The van der Waals surface area contributed by atoms with Crippen molar-refractivity contribution in [2.75, 3.05) is 13.6 Å². The maximum absolute atomic E-state index is 13.7. The van der Waals surface area contributed by atoms with E-state index in [1.54, 1.807) is 18.0 Å². The van der Waals surface area contributed by atoms with Crippen molar-refractivity contribution in [3.63, 3.8) is 0 Å². The normalized spacial score (nSPS) is 20.5. The van der Waals surface area contributed by atoms with Crippen molar-refractivity contribution in [1.82, 2.24) is 9.88 Å². The number of hydrogen-bond donors (Lipinski definition) is 0. The lowest BCUT2D eigenvalue weighted by Gasteiger charge is -2.16. The average Bonchev–Trinajstić information content (AvgIpc) is 2.85. The molecule has 0 aliphatic carbocycles. The van der Waals surface area contributed by atoms with Gasteiger partial charge in [-0.05, 0) is 18.6 Å². The second-order valence-electron chi connectivity index (χ2n) is 6.31. The van der Waals surface area contributed by atoms with Crippen LogP contribution in [0.5, 0.6) is 0 Å². The molecule has 1 aliphatic heterocycles. The summed E-state index contributed by atoms with van der Waals surface area (Å²) in [7, 11) is 1.70. The molecule has 1 fully saturated rings. The quantitative estimate of drug-likeness (QED) is 0.641. The Morgan fingerprint density at radius 3 is 2.83 bits per heavy atom. The van der Waals surface area contributed by atoms with Gasteiger partial charge >= 0.3 is 0 Å². The smallest absolute Gasteiger partial charge is 0.233 e. The van der Waals surface area contributed by atoms with Crippen molar-refractivity contribution in [1.29, 1.82) is 0 Å². The van der Waals surface area contributed by atoms with E-state index in [9.17, 15) is 14.0 Å². The standard InChI is InChI=1S/C19H19FN2O2/c1-12-5-3-6-13(9-12)15-11-22(2)19(24)17(15)16(23)10-14-7-4-8-21-18(14)20/h3-9,15,17H,10-11H2,1-2H3/t15-,17+/m1/s1. The zero-order chi connectivity index (χ0) is 17.3. The van der Waals surface area contributed by atoms with Crippen molar-refractivity contribution >= 4 is 11.7 Å². The fraction of sp³-hybridized carbons (Fsp3) is 0.316. The third kappa shape index (κ3) is 3.07. The topological polar surface area (TPSA) is 50.3 Å². The summed E-state index contributed by atoms with van der Waals surface area (Å²) in [5.74, 6) is -2.08. The molecule has 1 aromatic heterocycles. The number of amides is 1. The summed E-state index contributed by atoms with van der Waals surface area (Å²) < 4.78 is 13.7. The summed E-state index contributed by atoms with van der Waals surface area (Å²) in [5, 5.41) is 0. The first-order chi connectivity index (χ1) is 11.5. The lowest BCUT2D eigenvalue weighted by Crippen LogP contribution is -2.29. The van der Waals surface area contributed by atoms with Crippen LogP contribution in [0.1, 0.15) is 22.6 Å². The molecular formula is C19H19FN2O2. The molecule has 24 heavy (non-hydrogen) atoms. The minimum Gasteiger partial charge on any atom is -0.344 e. The summed E-state index contributed by atoms with van der Waals surface area (Å²) in [5.41, 5.74) is 2.28. The van der Waals surface area contributed by atoms with Gasteiger partial charge in [0.05, 0.1) is 0 Å². The van der Waals surface area contributed by atoms with Gasteiger partial charge in [-0.3, -0.25) is 9.59 Å². The number of aryl methyl sites for hydroxylation is 1. The fourth-order valence-corrected chi connectivity index (χ4v) is 3.31. The molecule has 0 spiro atoms. The van der Waals surface area contributed by atoms with Crippen molar-refractivity contribution in [2.45, 2.75) is 19.3 Å². The highest BCUT2D eigenvalue weighted by molar-refractivity contribution is 6.04. The van der Waals surface area contributed by atoms with Crippen LogP contribution in [0.2, 0.25) is 0 Å². The third-order valence-electron chi connectivity index (χ3n) is 4.53. The van der Waals surface area contributed by atoms with Gasteiger partial charge in [-0.2, -0.15) is 4.39 Å². The van der Waals surface area contributed by atoms with Crippen LogP contribution in [0.25, 0.3) is 0 Å². The number of likely N-dealkylation sites (N-methyl/N-ethyl adjacent to an activating group) is 1. The number of rotatable bonds is 4. The number of Topliss-reactive ketones (excluding diaryl/α,β-unsaturated/α-hetero) is 1. The van der Waals surface area contributed by atoms with Crippen LogP contribution >= 0.6 is 0 Å². The van der Waals surface area contributed by atoms with Crippen LogP contribution in [0, 0.1) is 18.8 Å². The predicted molar refractivity (Wildman–Crippen MR) is 88.0 cm³/mol. The summed E-state index contributed by atoms with van der Waals surface area (Å²) in [6.07, 6.45) is 1.22. The van der Waals surface area contributed by atoms with E-state index >= 15 is 0 Å². The van der Waals surface area contributed by atoms with Crippen molar-refractivity contribution in [3.05, 3.63) is 65.2 Å². The monoisotopic (exact) mass is 326 g/mol. The molecule has 2 heterocycles. The van der Waals surface area contributed by atoms with Gasteiger partial charge in [0, 0.05) is 37.7 Å². The minimum atomic E-state index is -0.767. The molecule has 1 aliphatic rings. The van der Waals surface area contributed by atoms with Crippen molar-refractivity contribution < 1.29 is 14.0 Å². The summed E-state index contributed by atoms with van der Waals surface area (Å²) in [6, 6.07) is 11.0. The number of hydrogen-bond acceptors (Lipinski definition) is 3. The first kappa shape index (κ1) is 16.3. The maximum atomic E-state index is 13.7. The molecule has 1 aromatic carbocycles. The molecule has 4 nitrogen and oxygen atoms in total. The van der Waals surface area contributed by atoms with Gasteiger partial charge in [0.15, 0.2) is 5.78 Å². The zero-order valence-electron chi connectivity index (χ0n) is 13.7. The largest absolute Gasteiger partial charge is 0.344 e. The number of benzene rings is 1. The molecular weight excluding hydrogens is 307 g/mol. The minimum absolute atomic E-state index is 0.119. The Morgan fingerprint density at radius 2 is 2.12 bits per heavy atom. The van der Waals surface area contributed by atoms with E-state index < -0.39 is 11.9 Å². The lowest BCUT2D eigenvalue weighted by atomic mass is 9.83. The Balaban J connectivity index is 1.89. The van der Waals surface area contributed by atoms with Crippen LogP contribution in [0.15, 0.2) is 42.6 Å². The van der Waals surface area contributed by atoms with Crippen molar-refractivity contribution in [2.24, 2.45) is 5.92 Å². The molecule has 0 unspecified atom stereocenters. The molecule has 124 valence electrons. The molecule has 2 atom stereocenters. The Hall–Kier alpha value is -2.56. The predicted octanol–water partition coefficient (Wildman–Crippen LogP) is 2.51. The Labute approximate surface area is 140 Å². The second kappa shape index (κ2) is 6.51. The maximum Gasteiger partial charge on any atom is 0.233 e. The number of halogens is 1. The first-order valence-corrected chi connectivity index (χ1v) is 7.91. The molecule has 1 amide bonds. The SMILES string of the molecule is Cc1cccc([C@H]2CN(C)C(=O)[C@@H]2C(=O)Cc2cccnc2F)c1. The summed E-state index contributed by atoms with van der Waals surface area (Å²) >= 11 is 0. The Morgan fingerprint density at radius 1 is 1.33 bits per heavy atom. The number of likely N-dealkylation sites (tertiary alicyclic amines) is 1. The van der Waals surface area contributed by atoms with Crippen LogP contribution in [-0.4, -0.2) is 35.2 Å². The first-order valence-electron chi connectivity index (χ1n) is 7.91. The number of pyridine rings is 1. The van der Waals surface area contributed by atoms with Crippen LogP contribution < -0.4 is 0 Å². The molecule has 0 saturated carbocycles. The lowest BCUT2D eigenvalue weighted by molar-refractivity contribution is -0.136. The summed E-state index contributed by atoms with van der Waals surface area (Å²) in [4.78, 5) is 30.4. The van der Waals surface area contributed by atoms with E-state index in [-0.39, 0.29) is 29.6 Å². The third-order valence-corrected chi connectivity index (χ3v) is 4.53. The van der Waals surface area contributed by atoms with Gasteiger partial charge in [0.1, 0.15) is 5.92 Å². The van der Waals surface area contributed by atoms with E-state index in [4.69, 9.17) is 0 Å². The van der Waals surface area contributed by atoms with Gasteiger partial charge in [-0.1, -0.05) is 35.9 Å². The van der Waals surface area contributed by atoms with E-state index in [0.717, 1.165) is 11.1 Å². The van der Waals surface area contributed by atoms with E-state index in [2.05, 4.69) is 4.98 Å². The Bertz CT molecular complexity index is 790. The van der Waals surface area contributed by atoms with Gasteiger partial charge in [-0.25, -0.2) is 4.98 Å². The molecule has 2 aromatic rings. The molecule has 5 heteroatoms. The van der Waals surface area contributed by atoms with Gasteiger partial charge < -0.3 is 4.90 Å². The van der Waals surface area contributed by atoms with E-state index in [0.29, 0.717) is 6.54 Å². The van der Waals surface area contributed by atoms with Crippen LogP contribution in [-0.2, 0) is 16.0 Å². The molecule has 3 rings (SSSR count). The number of nitrogens with zero attached hydrogens (tertiary/aromatic N) is 2.